The van der Waals surface area contributed by atoms with Gasteiger partial charge in [-0.25, -0.2) is 9.78 Å². The Balaban J connectivity index is 2.31. The summed E-state index contributed by atoms with van der Waals surface area (Å²) in [6.45, 7) is 0. The van der Waals surface area contributed by atoms with Crippen molar-refractivity contribution in [2.75, 3.05) is 0 Å². The van der Waals surface area contributed by atoms with Gasteiger partial charge in [-0.05, 0) is 24.3 Å². The van der Waals surface area contributed by atoms with E-state index in [4.69, 9.17) is 9.78 Å². The molecule has 2 bridgehead atoms. The molecule has 2 heteroatoms. The predicted octanol–water partition coefficient (Wildman–Crippen LogP) is 0.811. The molecule has 1 aliphatic carbocycles. The average molecular weight is 110 g/mol. The van der Waals surface area contributed by atoms with Gasteiger partial charge in [0.1, 0.15) is 12.2 Å². The minimum absolute atomic E-state index is 0.0694. The third kappa shape index (κ3) is 0.504. The Morgan fingerprint density at radius 3 is 1.25 bits per heavy atom. The molecule has 2 aliphatic heterocycles. The first-order valence-corrected chi connectivity index (χ1v) is 2.64. The maximum absolute atomic E-state index is 4.80. The average Bonchev–Trinajstić information content (AvgIpc) is 1.92. The first-order chi connectivity index (χ1) is 3.95. The topological polar surface area (TPSA) is 18.5 Å². The van der Waals surface area contributed by atoms with Crippen molar-refractivity contribution in [1.29, 1.82) is 0 Å². The first-order valence-electron chi connectivity index (χ1n) is 2.64. The second-order valence-electron chi connectivity index (χ2n) is 1.89. The number of hydrogen-bond donors (Lipinski definition) is 0. The van der Waals surface area contributed by atoms with Gasteiger partial charge in [-0.2, -0.15) is 0 Å². The Hall–Kier alpha value is -0.600. The van der Waals surface area contributed by atoms with Crippen molar-refractivity contribution in [3.05, 3.63) is 24.3 Å². The smallest absolute Gasteiger partial charge is 0.129 e. The molecule has 0 fully saturated rings. The molecule has 0 aromatic heterocycles. The zero-order chi connectivity index (χ0) is 5.40. The molecule has 3 aliphatic rings. The van der Waals surface area contributed by atoms with Gasteiger partial charge in [-0.15, -0.1) is 0 Å². The van der Waals surface area contributed by atoms with Crippen LogP contribution < -0.4 is 0 Å². The van der Waals surface area contributed by atoms with Crippen LogP contribution in [0.5, 0.6) is 0 Å². The molecule has 42 valence electrons. The molecule has 8 heavy (non-hydrogen) atoms. The van der Waals surface area contributed by atoms with Crippen LogP contribution in [0.4, 0.5) is 0 Å². The van der Waals surface area contributed by atoms with E-state index in [2.05, 4.69) is 0 Å². The molecule has 2 heterocycles. The molecule has 0 amide bonds. The van der Waals surface area contributed by atoms with Gasteiger partial charge >= 0.3 is 0 Å². The number of fused-ring (bicyclic) bond motifs is 1. The van der Waals surface area contributed by atoms with E-state index in [1.165, 1.54) is 0 Å². The summed E-state index contributed by atoms with van der Waals surface area (Å²) < 4.78 is 0. The summed E-state index contributed by atoms with van der Waals surface area (Å²) >= 11 is 0. The molecule has 0 aromatic rings. The molecule has 0 N–H and O–H groups in total. The van der Waals surface area contributed by atoms with E-state index in [1.807, 2.05) is 24.3 Å². The highest BCUT2D eigenvalue weighted by Crippen LogP contribution is 2.16. The lowest BCUT2D eigenvalue weighted by molar-refractivity contribution is -0.327. The van der Waals surface area contributed by atoms with Crippen LogP contribution in [0.3, 0.4) is 0 Å². The zero-order valence-electron chi connectivity index (χ0n) is 4.28. The van der Waals surface area contributed by atoms with E-state index in [1.54, 1.807) is 0 Å². The molecule has 0 aromatic carbocycles. The van der Waals surface area contributed by atoms with Crippen LogP contribution in [-0.4, -0.2) is 12.2 Å². The van der Waals surface area contributed by atoms with Crippen LogP contribution in [0.25, 0.3) is 0 Å². The van der Waals surface area contributed by atoms with E-state index < -0.39 is 0 Å². The van der Waals surface area contributed by atoms with Crippen LogP contribution in [0, 0.1) is 0 Å². The lowest BCUT2D eigenvalue weighted by Crippen LogP contribution is -2.24. The molecular formula is C6H6O2. The molecule has 0 atom stereocenters. The summed E-state index contributed by atoms with van der Waals surface area (Å²) in [6.07, 6.45) is 8.06. The van der Waals surface area contributed by atoms with Crippen LogP contribution in [0.2, 0.25) is 0 Å². The lowest BCUT2D eigenvalue weighted by Gasteiger charge is -2.23. The van der Waals surface area contributed by atoms with Gasteiger partial charge in [0, 0.05) is 0 Å². The molecule has 0 spiro atoms. The first kappa shape index (κ1) is 4.30. The second-order valence-corrected chi connectivity index (χ2v) is 1.89. The van der Waals surface area contributed by atoms with Gasteiger partial charge in [0.2, 0.25) is 0 Å². The van der Waals surface area contributed by atoms with Crippen molar-refractivity contribution < 1.29 is 9.78 Å². The zero-order valence-corrected chi connectivity index (χ0v) is 4.28. The second kappa shape index (κ2) is 1.44. The molecule has 3 rings (SSSR count). The summed E-state index contributed by atoms with van der Waals surface area (Å²) in [5.74, 6) is 0. The van der Waals surface area contributed by atoms with E-state index in [0.29, 0.717) is 0 Å². The summed E-state index contributed by atoms with van der Waals surface area (Å²) in [4.78, 5) is 9.61. The van der Waals surface area contributed by atoms with E-state index in [9.17, 15) is 0 Å². The summed E-state index contributed by atoms with van der Waals surface area (Å²) in [7, 11) is 0. The Morgan fingerprint density at radius 2 is 1.12 bits per heavy atom. The number of hydrogen-bond acceptors (Lipinski definition) is 2. The highest BCUT2D eigenvalue weighted by molar-refractivity contribution is 5.17. The quantitative estimate of drug-likeness (QED) is 0.339. The maximum atomic E-state index is 4.80. The van der Waals surface area contributed by atoms with Crippen LogP contribution in [-0.2, 0) is 9.78 Å². The predicted molar refractivity (Wildman–Crippen MR) is 28.0 cm³/mol. The molecule has 0 unspecified atom stereocenters. The van der Waals surface area contributed by atoms with Crippen molar-refractivity contribution in [3.8, 4) is 0 Å². The fraction of sp³-hybridized carbons (Fsp3) is 0.333. The van der Waals surface area contributed by atoms with Crippen LogP contribution in [0.15, 0.2) is 24.3 Å². The van der Waals surface area contributed by atoms with Gasteiger partial charge in [0.05, 0.1) is 0 Å². The minimum atomic E-state index is 0.0694. The van der Waals surface area contributed by atoms with E-state index >= 15 is 0 Å². The molecular weight excluding hydrogens is 104 g/mol. The van der Waals surface area contributed by atoms with Crippen molar-refractivity contribution in [2.24, 2.45) is 0 Å². The van der Waals surface area contributed by atoms with Gasteiger partial charge in [-0.3, -0.25) is 0 Å². The van der Waals surface area contributed by atoms with Crippen LogP contribution in [0.1, 0.15) is 0 Å². The molecule has 0 radical (unpaired) electrons. The summed E-state index contributed by atoms with van der Waals surface area (Å²) in [5, 5.41) is 0. The summed E-state index contributed by atoms with van der Waals surface area (Å²) in [5.41, 5.74) is 0. The van der Waals surface area contributed by atoms with Crippen molar-refractivity contribution in [3.63, 3.8) is 0 Å². The standard InChI is InChI=1S/C6H6O2/c1-2-6-4-3-5(1)7-8-6/h1-6H. The Morgan fingerprint density at radius 1 is 0.750 bits per heavy atom. The van der Waals surface area contributed by atoms with E-state index in [0.717, 1.165) is 0 Å². The third-order valence-corrected chi connectivity index (χ3v) is 1.26. The van der Waals surface area contributed by atoms with Crippen LogP contribution >= 0.6 is 0 Å². The Labute approximate surface area is 47.3 Å². The van der Waals surface area contributed by atoms with Crippen molar-refractivity contribution in [1.82, 2.24) is 0 Å². The lowest BCUT2D eigenvalue weighted by atomic mass is 10.1. The van der Waals surface area contributed by atoms with Gasteiger partial charge in [-0.1, -0.05) is 0 Å². The highest BCUT2D eigenvalue weighted by Gasteiger charge is 2.17. The molecule has 0 saturated heterocycles. The largest absolute Gasteiger partial charge is 0.224 e. The van der Waals surface area contributed by atoms with Gasteiger partial charge < -0.3 is 0 Å². The molecule has 0 saturated carbocycles. The van der Waals surface area contributed by atoms with Crippen molar-refractivity contribution in [2.45, 2.75) is 12.2 Å². The minimum Gasteiger partial charge on any atom is -0.224 e. The monoisotopic (exact) mass is 110 g/mol. The van der Waals surface area contributed by atoms with Gasteiger partial charge in [0.25, 0.3) is 0 Å². The summed E-state index contributed by atoms with van der Waals surface area (Å²) in [6, 6.07) is 0. The maximum Gasteiger partial charge on any atom is 0.129 e. The normalized spacial score (nSPS) is 41.0. The highest BCUT2D eigenvalue weighted by atomic mass is 17.2. The Kier molecular flexibility index (Phi) is 0.771. The fourth-order valence-corrected chi connectivity index (χ4v) is 0.823. The van der Waals surface area contributed by atoms with E-state index in [-0.39, 0.29) is 12.2 Å². The van der Waals surface area contributed by atoms with Gasteiger partial charge in [0.15, 0.2) is 0 Å². The SMILES string of the molecule is C1=CC2C=CC1OO2. The third-order valence-electron chi connectivity index (χ3n) is 1.26. The Bertz CT molecular complexity index is 119. The fourth-order valence-electron chi connectivity index (χ4n) is 0.823. The molecule has 2 nitrogen and oxygen atoms in total. The number of rotatable bonds is 0. The van der Waals surface area contributed by atoms with Crippen molar-refractivity contribution >= 4 is 0 Å².